The highest BCUT2D eigenvalue weighted by Gasteiger charge is 2.27. The van der Waals surface area contributed by atoms with E-state index in [1.807, 2.05) is 13.0 Å². The molecule has 100 valence electrons. The summed E-state index contributed by atoms with van der Waals surface area (Å²) >= 11 is 0. The SMILES string of the molecule is Cc1cc(N2CCOC(c3nc(C)no3)C2)ncn1. The van der Waals surface area contributed by atoms with Crippen LogP contribution in [0.25, 0.3) is 0 Å². The first kappa shape index (κ1) is 12.0. The topological polar surface area (TPSA) is 77.2 Å². The van der Waals surface area contributed by atoms with Crippen LogP contribution in [-0.4, -0.2) is 39.8 Å². The summed E-state index contributed by atoms with van der Waals surface area (Å²) in [4.78, 5) is 14.8. The average Bonchev–Trinajstić information content (AvgIpc) is 2.86. The fourth-order valence-corrected chi connectivity index (χ4v) is 2.06. The van der Waals surface area contributed by atoms with Gasteiger partial charge in [-0.15, -0.1) is 0 Å². The van der Waals surface area contributed by atoms with Crippen LogP contribution in [0.2, 0.25) is 0 Å². The van der Waals surface area contributed by atoms with Gasteiger partial charge < -0.3 is 14.2 Å². The molecule has 3 rings (SSSR count). The third-order valence-corrected chi connectivity index (χ3v) is 3.00. The lowest BCUT2D eigenvalue weighted by atomic mass is 10.2. The zero-order valence-electron chi connectivity index (χ0n) is 10.9. The normalized spacial score (nSPS) is 19.7. The summed E-state index contributed by atoms with van der Waals surface area (Å²) in [5, 5.41) is 3.79. The molecule has 0 bridgehead atoms. The molecule has 1 aliphatic rings. The van der Waals surface area contributed by atoms with Gasteiger partial charge in [0.15, 0.2) is 11.9 Å². The van der Waals surface area contributed by atoms with E-state index in [9.17, 15) is 0 Å². The lowest BCUT2D eigenvalue weighted by molar-refractivity contribution is 0.0184. The van der Waals surface area contributed by atoms with Crippen LogP contribution in [0.15, 0.2) is 16.9 Å². The van der Waals surface area contributed by atoms with E-state index in [-0.39, 0.29) is 6.10 Å². The highest BCUT2D eigenvalue weighted by Crippen LogP contribution is 2.23. The second kappa shape index (κ2) is 4.93. The zero-order chi connectivity index (χ0) is 13.2. The molecule has 1 atom stereocenters. The van der Waals surface area contributed by atoms with Gasteiger partial charge in [-0.05, 0) is 13.8 Å². The predicted octanol–water partition coefficient (Wildman–Crippen LogP) is 1.05. The third kappa shape index (κ3) is 2.55. The Balaban J connectivity index is 1.78. The Morgan fingerprint density at radius 3 is 2.95 bits per heavy atom. The van der Waals surface area contributed by atoms with Crippen molar-refractivity contribution in [3.05, 3.63) is 29.8 Å². The van der Waals surface area contributed by atoms with Gasteiger partial charge in [-0.25, -0.2) is 9.97 Å². The van der Waals surface area contributed by atoms with Crippen LogP contribution in [0.3, 0.4) is 0 Å². The van der Waals surface area contributed by atoms with E-state index < -0.39 is 0 Å². The maximum Gasteiger partial charge on any atom is 0.257 e. The number of hydrogen-bond acceptors (Lipinski definition) is 7. The molecule has 19 heavy (non-hydrogen) atoms. The molecule has 1 aliphatic heterocycles. The van der Waals surface area contributed by atoms with Crippen molar-refractivity contribution in [2.24, 2.45) is 0 Å². The quantitative estimate of drug-likeness (QED) is 0.799. The fraction of sp³-hybridized carbons (Fsp3) is 0.500. The number of aromatic nitrogens is 4. The number of morpholine rings is 1. The van der Waals surface area contributed by atoms with Crippen LogP contribution in [0.4, 0.5) is 5.82 Å². The van der Waals surface area contributed by atoms with Crippen LogP contribution >= 0.6 is 0 Å². The summed E-state index contributed by atoms with van der Waals surface area (Å²) < 4.78 is 10.8. The molecule has 3 heterocycles. The first-order chi connectivity index (χ1) is 9.22. The number of ether oxygens (including phenoxy) is 1. The van der Waals surface area contributed by atoms with Crippen molar-refractivity contribution in [3.63, 3.8) is 0 Å². The number of hydrogen-bond donors (Lipinski definition) is 0. The van der Waals surface area contributed by atoms with Crippen LogP contribution < -0.4 is 4.90 Å². The van der Waals surface area contributed by atoms with Gasteiger partial charge in [-0.3, -0.25) is 0 Å². The average molecular weight is 261 g/mol. The molecule has 0 N–H and O–H groups in total. The molecular weight excluding hydrogens is 246 g/mol. The molecular formula is C12H15N5O2. The van der Waals surface area contributed by atoms with Gasteiger partial charge in [0.1, 0.15) is 12.1 Å². The number of aryl methyl sites for hydroxylation is 2. The summed E-state index contributed by atoms with van der Waals surface area (Å²) in [6.07, 6.45) is 1.37. The molecule has 2 aromatic rings. The van der Waals surface area contributed by atoms with Crippen LogP contribution in [-0.2, 0) is 4.74 Å². The van der Waals surface area contributed by atoms with E-state index in [2.05, 4.69) is 25.0 Å². The van der Waals surface area contributed by atoms with Crippen LogP contribution in [0, 0.1) is 13.8 Å². The Kier molecular flexibility index (Phi) is 3.12. The van der Waals surface area contributed by atoms with Crippen molar-refractivity contribution in [2.45, 2.75) is 20.0 Å². The van der Waals surface area contributed by atoms with Gasteiger partial charge >= 0.3 is 0 Å². The smallest absolute Gasteiger partial charge is 0.257 e. The lowest BCUT2D eigenvalue weighted by Gasteiger charge is -2.31. The summed E-state index contributed by atoms with van der Waals surface area (Å²) in [5.41, 5.74) is 0.946. The molecule has 7 nitrogen and oxygen atoms in total. The van der Waals surface area contributed by atoms with E-state index in [4.69, 9.17) is 9.26 Å². The monoisotopic (exact) mass is 261 g/mol. The molecule has 0 aromatic carbocycles. The highest BCUT2D eigenvalue weighted by atomic mass is 16.5. The van der Waals surface area contributed by atoms with Crippen molar-refractivity contribution >= 4 is 5.82 Å². The van der Waals surface area contributed by atoms with Gasteiger partial charge in [0.25, 0.3) is 5.89 Å². The molecule has 0 aliphatic carbocycles. The maximum atomic E-state index is 5.68. The minimum Gasteiger partial charge on any atom is -0.365 e. The number of nitrogens with zero attached hydrogens (tertiary/aromatic N) is 5. The Bertz CT molecular complexity index is 571. The largest absolute Gasteiger partial charge is 0.365 e. The standard InChI is InChI=1S/C12H15N5O2/c1-8-5-11(14-7-13-8)17-3-4-18-10(6-17)12-15-9(2)16-19-12/h5,7,10H,3-4,6H2,1-2H3. The molecule has 7 heteroatoms. The molecule has 1 fully saturated rings. The molecule has 1 unspecified atom stereocenters. The second-order valence-corrected chi connectivity index (χ2v) is 4.50. The Labute approximate surface area is 110 Å². The number of anilines is 1. The zero-order valence-corrected chi connectivity index (χ0v) is 10.9. The van der Waals surface area contributed by atoms with Crippen molar-refractivity contribution in [1.29, 1.82) is 0 Å². The Morgan fingerprint density at radius 1 is 1.32 bits per heavy atom. The maximum absolute atomic E-state index is 5.68. The summed E-state index contributed by atoms with van der Waals surface area (Å²) in [5.74, 6) is 2.04. The van der Waals surface area contributed by atoms with Crippen LogP contribution in [0.5, 0.6) is 0 Å². The number of rotatable bonds is 2. The Hall–Kier alpha value is -2.02. The predicted molar refractivity (Wildman–Crippen MR) is 66.7 cm³/mol. The lowest BCUT2D eigenvalue weighted by Crippen LogP contribution is -2.39. The van der Waals surface area contributed by atoms with E-state index >= 15 is 0 Å². The summed E-state index contributed by atoms with van der Waals surface area (Å²) in [6.45, 7) is 5.79. The van der Waals surface area contributed by atoms with Gasteiger partial charge in [-0.1, -0.05) is 5.16 Å². The van der Waals surface area contributed by atoms with Gasteiger partial charge in [0, 0.05) is 18.3 Å². The van der Waals surface area contributed by atoms with E-state index in [1.165, 1.54) is 0 Å². The minimum absolute atomic E-state index is 0.203. The van der Waals surface area contributed by atoms with Gasteiger partial charge in [0.05, 0.1) is 13.2 Å². The molecule has 0 radical (unpaired) electrons. The summed E-state index contributed by atoms with van der Waals surface area (Å²) in [7, 11) is 0. The van der Waals surface area contributed by atoms with Crippen molar-refractivity contribution in [3.8, 4) is 0 Å². The van der Waals surface area contributed by atoms with Crippen molar-refractivity contribution in [1.82, 2.24) is 20.1 Å². The molecule has 0 amide bonds. The highest BCUT2D eigenvalue weighted by molar-refractivity contribution is 5.39. The third-order valence-electron chi connectivity index (χ3n) is 3.00. The summed E-state index contributed by atoms with van der Waals surface area (Å²) in [6, 6.07) is 1.96. The van der Waals surface area contributed by atoms with Crippen LogP contribution in [0.1, 0.15) is 23.5 Å². The van der Waals surface area contributed by atoms with E-state index in [0.29, 0.717) is 24.9 Å². The van der Waals surface area contributed by atoms with Crippen molar-refractivity contribution in [2.75, 3.05) is 24.6 Å². The Morgan fingerprint density at radius 2 is 2.21 bits per heavy atom. The molecule has 1 saturated heterocycles. The molecule has 2 aromatic heterocycles. The molecule has 0 spiro atoms. The first-order valence-corrected chi connectivity index (χ1v) is 6.18. The van der Waals surface area contributed by atoms with E-state index in [1.54, 1.807) is 13.3 Å². The van der Waals surface area contributed by atoms with E-state index in [0.717, 1.165) is 18.1 Å². The van der Waals surface area contributed by atoms with Gasteiger partial charge in [-0.2, -0.15) is 4.98 Å². The first-order valence-electron chi connectivity index (χ1n) is 6.18. The fourth-order valence-electron chi connectivity index (χ4n) is 2.06. The van der Waals surface area contributed by atoms with Gasteiger partial charge in [0.2, 0.25) is 0 Å². The second-order valence-electron chi connectivity index (χ2n) is 4.50. The minimum atomic E-state index is -0.203. The molecule has 0 saturated carbocycles. The van der Waals surface area contributed by atoms with Crippen molar-refractivity contribution < 1.29 is 9.26 Å².